The SMILES string of the molecule is C[C@@H](OC(=O)CCc1cccs1)C(=O)Nc1ccc(Cl)cc1F. The Morgan fingerprint density at radius 1 is 1.39 bits per heavy atom. The largest absolute Gasteiger partial charge is 0.453 e. The molecule has 2 aromatic rings. The summed E-state index contributed by atoms with van der Waals surface area (Å²) < 4.78 is 18.7. The lowest BCUT2D eigenvalue weighted by molar-refractivity contribution is -0.153. The first-order chi connectivity index (χ1) is 11.0. The Kier molecular flexibility index (Phi) is 6.12. The molecule has 1 N–H and O–H groups in total. The van der Waals surface area contributed by atoms with Gasteiger partial charge in [0.1, 0.15) is 5.82 Å². The van der Waals surface area contributed by atoms with E-state index in [1.165, 1.54) is 19.1 Å². The van der Waals surface area contributed by atoms with E-state index in [-0.39, 0.29) is 17.1 Å². The fourth-order valence-corrected chi connectivity index (χ4v) is 2.68. The number of halogens is 2. The number of hydrogen-bond donors (Lipinski definition) is 1. The number of anilines is 1. The van der Waals surface area contributed by atoms with Gasteiger partial charge in [0.25, 0.3) is 5.91 Å². The van der Waals surface area contributed by atoms with Gasteiger partial charge >= 0.3 is 5.97 Å². The van der Waals surface area contributed by atoms with Gasteiger partial charge in [-0.25, -0.2) is 4.39 Å². The summed E-state index contributed by atoms with van der Waals surface area (Å²) in [7, 11) is 0. The van der Waals surface area contributed by atoms with Crippen molar-refractivity contribution in [3.63, 3.8) is 0 Å². The Balaban J connectivity index is 1.83. The zero-order valence-corrected chi connectivity index (χ0v) is 13.9. The van der Waals surface area contributed by atoms with Gasteiger partial charge in [-0.1, -0.05) is 17.7 Å². The summed E-state index contributed by atoms with van der Waals surface area (Å²) in [5, 5.41) is 4.52. The molecular weight excluding hydrogens is 341 g/mol. The molecule has 1 aromatic carbocycles. The molecule has 23 heavy (non-hydrogen) atoms. The molecule has 0 aliphatic carbocycles. The first-order valence-corrected chi connectivity index (χ1v) is 8.19. The van der Waals surface area contributed by atoms with Gasteiger partial charge in [0.15, 0.2) is 6.10 Å². The molecule has 1 amide bonds. The van der Waals surface area contributed by atoms with Crippen molar-refractivity contribution in [2.45, 2.75) is 25.9 Å². The molecule has 0 saturated carbocycles. The van der Waals surface area contributed by atoms with E-state index < -0.39 is 23.8 Å². The van der Waals surface area contributed by atoms with Crippen LogP contribution < -0.4 is 5.32 Å². The average Bonchev–Trinajstić information content (AvgIpc) is 3.01. The molecule has 0 aliphatic heterocycles. The monoisotopic (exact) mass is 355 g/mol. The average molecular weight is 356 g/mol. The number of carbonyl (C=O) groups is 2. The molecule has 7 heteroatoms. The standard InChI is InChI=1S/C16H15ClFNO3S/c1-10(22-15(20)7-5-12-3-2-8-23-12)16(21)19-14-6-4-11(17)9-13(14)18/h2-4,6,8-10H,5,7H2,1H3,(H,19,21)/t10-/m1/s1. The Hall–Kier alpha value is -1.92. The summed E-state index contributed by atoms with van der Waals surface area (Å²) in [4.78, 5) is 24.7. The summed E-state index contributed by atoms with van der Waals surface area (Å²) in [5.74, 6) is -1.73. The van der Waals surface area contributed by atoms with Gasteiger partial charge < -0.3 is 10.1 Å². The quantitative estimate of drug-likeness (QED) is 0.795. The topological polar surface area (TPSA) is 55.4 Å². The smallest absolute Gasteiger partial charge is 0.306 e. The highest BCUT2D eigenvalue weighted by Gasteiger charge is 2.19. The summed E-state index contributed by atoms with van der Waals surface area (Å²) >= 11 is 7.20. The van der Waals surface area contributed by atoms with Gasteiger partial charge in [-0.05, 0) is 43.0 Å². The van der Waals surface area contributed by atoms with Crippen LogP contribution in [-0.2, 0) is 20.7 Å². The van der Waals surface area contributed by atoms with Gasteiger partial charge in [0.05, 0.1) is 12.1 Å². The predicted octanol–water partition coefficient (Wildman–Crippen LogP) is 4.04. The number of benzene rings is 1. The van der Waals surface area contributed by atoms with E-state index in [9.17, 15) is 14.0 Å². The van der Waals surface area contributed by atoms with Crippen LogP contribution in [0.4, 0.5) is 10.1 Å². The first kappa shape index (κ1) is 17.4. The summed E-state index contributed by atoms with van der Waals surface area (Å²) in [5.41, 5.74) is -0.0131. The van der Waals surface area contributed by atoms with Crippen molar-refractivity contribution in [1.29, 1.82) is 0 Å². The zero-order valence-electron chi connectivity index (χ0n) is 12.3. The zero-order chi connectivity index (χ0) is 16.8. The molecule has 1 heterocycles. The Labute approximate surface area is 142 Å². The van der Waals surface area contributed by atoms with Crippen molar-refractivity contribution in [2.75, 3.05) is 5.32 Å². The number of amides is 1. The summed E-state index contributed by atoms with van der Waals surface area (Å²) in [6.07, 6.45) is -0.259. The number of hydrogen-bond acceptors (Lipinski definition) is 4. The van der Waals surface area contributed by atoms with E-state index in [1.807, 2.05) is 17.5 Å². The van der Waals surface area contributed by atoms with Crippen LogP contribution in [0.1, 0.15) is 18.2 Å². The molecule has 1 atom stereocenters. The normalized spacial score (nSPS) is 11.8. The maximum absolute atomic E-state index is 13.6. The van der Waals surface area contributed by atoms with Crippen molar-refractivity contribution in [3.8, 4) is 0 Å². The molecule has 1 aromatic heterocycles. The van der Waals surface area contributed by atoms with Crippen molar-refractivity contribution < 1.29 is 18.7 Å². The lowest BCUT2D eigenvalue weighted by atomic mass is 10.2. The molecular formula is C16H15ClFNO3S. The fraction of sp³-hybridized carbons (Fsp3) is 0.250. The molecule has 0 bridgehead atoms. The minimum absolute atomic E-state index is 0.0131. The number of esters is 1. The van der Waals surface area contributed by atoms with E-state index in [0.29, 0.717) is 6.42 Å². The maximum Gasteiger partial charge on any atom is 0.306 e. The van der Waals surface area contributed by atoms with Gasteiger partial charge in [0.2, 0.25) is 0 Å². The number of carbonyl (C=O) groups excluding carboxylic acids is 2. The van der Waals surface area contributed by atoms with Gasteiger partial charge in [0, 0.05) is 9.90 Å². The van der Waals surface area contributed by atoms with Crippen molar-refractivity contribution in [1.82, 2.24) is 0 Å². The van der Waals surface area contributed by atoms with E-state index in [4.69, 9.17) is 16.3 Å². The van der Waals surface area contributed by atoms with Crippen LogP contribution in [0.15, 0.2) is 35.7 Å². The molecule has 0 spiro atoms. The fourth-order valence-electron chi connectivity index (χ4n) is 1.81. The third kappa shape index (κ3) is 5.33. The third-order valence-electron chi connectivity index (χ3n) is 3.02. The van der Waals surface area contributed by atoms with Crippen LogP contribution >= 0.6 is 22.9 Å². The highest BCUT2D eigenvalue weighted by molar-refractivity contribution is 7.09. The predicted molar refractivity (Wildman–Crippen MR) is 88.2 cm³/mol. The van der Waals surface area contributed by atoms with E-state index in [2.05, 4.69) is 5.32 Å². The minimum atomic E-state index is -1.01. The molecule has 0 fully saturated rings. The maximum atomic E-state index is 13.6. The second-order valence-electron chi connectivity index (χ2n) is 4.82. The highest BCUT2D eigenvalue weighted by atomic mass is 35.5. The van der Waals surface area contributed by atoms with E-state index in [0.717, 1.165) is 10.9 Å². The number of ether oxygens (including phenoxy) is 1. The van der Waals surface area contributed by atoms with Crippen LogP contribution in [0.5, 0.6) is 0 Å². The molecule has 0 radical (unpaired) electrons. The van der Waals surface area contributed by atoms with Gasteiger partial charge in [-0.15, -0.1) is 11.3 Å². The molecule has 0 aliphatic rings. The van der Waals surface area contributed by atoms with Crippen molar-refractivity contribution in [2.24, 2.45) is 0 Å². The number of thiophene rings is 1. The third-order valence-corrected chi connectivity index (χ3v) is 4.19. The van der Waals surface area contributed by atoms with Crippen LogP contribution in [0.25, 0.3) is 0 Å². The van der Waals surface area contributed by atoms with Gasteiger partial charge in [-0.2, -0.15) is 0 Å². The van der Waals surface area contributed by atoms with Crippen LogP contribution in [-0.4, -0.2) is 18.0 Å². The van der Waals surface area contributed by atoms with E-state index >= 15 is 0 Å². The second kappa shape index (κ2) is 8.08. The Morgan fingerprint density at radius 2 is 2.17 bits per heavy atom. The number of aryl methyl sites for hydroxylation is 1. The molecule has 122 valence electrons. The second-order valence-corrected chi connectivity index (χ2v) is 6.29. The first-order valence-electron chi connectivity index (χ1n) is 6.93. The van der Waals surface area contributed by atoms with E-state index in [1.54, 1.807) is 11.3 Å². The Morgan fingerprint density at radius 3 is 2.83 bits per heavy atom. The van der Waals surface area contributed by atoms with Crippen LogP contribution in [0.3, 0.4) is 0 Å². The number of nitrogens with one attached hydrogen (secondary N) is 1. The van der Waals surface area contributed by atoms with Crippen LogP contribution in [0, 0.1) is 5.82 Å². The highest BCUT2D eigenvalue weighted by Crippen LogP contribution is 2.19. The summed E-state index contributed by atoms with van der Waals surface area (Å²) in [6, 6.07) is 7.73. The molecule has 2 rings (SSSR count). The molecule has 4 nitrogen and oxygen atoms in total. The molecule has 0 saturated heterocycles. The Bertz CT molecular complexity index is 691. The summed E-state index contributed by atoms with van der Waals surface area (Å²) in [6.45, 7) is 1.44. The lowest BCUT2D eigenvalue weighted by Crippen LogP contribution is -2.30. The van der Waals surface area contributed by atoms with Crippen LogP contribution in [0.2, 0.25) is 5.02 Å². The van der Waals surface area contributed by atoms with Crippen molar-refractivity contribution in [3.05, 3.63) is 51.4 Å². The number of rotatable bonds is 6. The van der Waals surface area contributed by atoms with Crippen molar-refractivity contribution >= 4 is 40.5 Å². The minimum Gasteiger partial charge on any atom is -0.453 e. The lowest BCUT2D eigenvalue weighted by Gasteiger charge is -2.14. The van der Waals surface area contributed by atoms with Gasteiger partial charge in [-0.3, -0.25) is 9.59 Å². The molecule has 0 unspecified atom stereocenters.